The van der Waals surface area contributed by atoms with Crippen LogP contribution in [0.5, 0.6) is 0 Å². The molecule has 0 atom stereocenters. The minimum Gasteiger partial charge on any atom is -0.368 e. The Morgan fingerprint density at radius 3 is 3.00 bits per heavy atom. The summed E-state index contributed by atoms with van der Waals surface area (Å²) in [7, 11) is 4.07. The van der Waals surface area contributed by atoms with Crippen LogP contribution in [0.15, 0.2) is 36.0 Å². The third-order valence-corrected chi connectivity index (χ3v) is 3.50. The zero-order chi connectivity index (χ0) is 12.1. The summed E-state index contributed by atoms with van der Waals surface area (Å²) in [6.07, 6.45) is 3.77. The number of hydrogen-bond donors (Lipinski definition) is 1. The molecule has 0 aliphatic carbocycles. The largest absolute Gasteiger partial charge is 0.368 e. The van der Waals surface area contributed by atoms with Crippen LogP contribution >= 0.6 is 11.3 Å². The highest BCUT2D eigenvalue weighted by Crippen LogP contribution is 2.21. The summed E-state index contributed by atoms with van der Waals surface area (Å²) in [5.74, 6) is 0. The van der Waals surface area contributed by atoms with Crippen LogP contribution < -0.4 is 10.2 Å². The molecule has 0 aliphatic heterocycles. The van der Waals surface area contributed by atoms with E-state index in [0.717, 1.165) is 13.1 Å². The van der Waals surface area contributed by atoms with Crippen LogP contribution in [-0.4, -0.2) is 19.1 Å². The fourth-order valence-electron chi connectivity index (χ4n) is 1.82. The van der Waals surface area contributed by atoms with Gasteiger partial charge in [0.15, 0.2) is 0 Å². The van der Waals surface area contributed by atoms with Gasteiger partial charge in [-0.25, -0.2) is 0 Å². The van der Waals surface area contributed by atoms with Gasteiger partial charge in [0.25, 0.3) is 0 Å². The molecule has 17 heavy (non-hydrogen) atoms. The molecule has 2 aromatic rings. The van der Waals surface area contributed by atoms with Gasteiger partial charge in [0.1, 0.15) is 0 Å². The van der Waals surface area contributed by atoms with Crippen molar-refractivity contribution < 1.29 is 0 Å². The molecule has 0 saturated heterocycles. The third kappa shape index (κ3) is 3.05. The second-order valence-corrected chi connectivity index (χ2v) is 5.00. The number of pyridine rings is 1. The highest BCUT2D eigenvalue weighted by atomic mass is 32.1. The molecule has 0 aliphatic rings. The quantitative estimate of drug-likeness (QED) is 0.880. The molecule has 2 rings (SSSR count). The number of aromatic nitrogens is 1. The van der Waals surface area contributed by atoms with E-state index in [9.17, 15) is 0 Å². The van der Waals surface area contributed by atoms with Gasteiger partial charge in [0.05, 0.1) is 18.4 Å². The number of nitrogens with zero attached hydrogens (tertiary/aromatic N) is 2. The van der Waals surface area contributed by atoms with E-state index in [2.05, 4.69) is 45.8 Å². The van der Waals surface area contributed by atoms with Gasteiger partial charge in [-0.2, -0.15) is 0 Å². The molecule has 0 saturated carbocycles. The molecular formula is C13H17N3S. The van der Waals surface area contributed by atoms with Crippen molar-refractivity contribution in [3.63, 3.8) is 0 Å². The smallest absolute Gasteiger partial charge is 0.0599 e. The molecule has 3 nitrogen and oxygen atoms in total. The highest BCUT2D eigenvalue weighted by Gasteiger charge is 2.07. The Labute approximate surface area is 106 Å². The Morgan fingerprint density at radius 2 is 2.29 bits per heavy atom. The Hall–Kier alpha value is -1.39. The van der Waals surface area contributed by atoms with E-state index in [-0.39, 0.29) is 0 Å². The summed E-state index contributed by atoms with van der Waals surface area (Å²) >= 11 is 1.79. The maximum absolute atomic E-state index is 4.21. The first-order valence-electron chi connectivity index (χ1n) is 5.62. The molecule has 2 aromatic heterocycles. The van der Waals surface area contributed by atoms with E-state index < -0.39 is 0 Å². The van der Waals surface area contributed by atoms with E-state index >= 15 is 0 Å². The van der Waals surface area contributed by atoms with Crippen molar-refractivity contribution in [2.45, 2.75) is 13.1 Å². The summed E-state index contributed by atoms with van der Waals surface area (Å²) < 4.78 is 0. The van der Waals surface area contributed by atoms with Crippen molar-refractivity contribution in [1.82, 2.24) is 10.3 Å². The first-order valence-corrected chi connectivity index (χ1v) is 6.50. The third-order valence-electron chi connectivity index (χ3n) is 2.64. The number of nitrogens with one attached hydrogen (secondary N) is 1. The van der Waals surface area contributed by atoms with Gasteiger partial charge in [-0.15, -0.1) is 11.3 Å². The molecule has 0 fully saturated rings. The van der Waals surface area contributed by atoms with Crippen LogP contribution in [0.1, 0.15) is 10.4 Å². The van der Waals surface area contributed by atoms with Crippen LogP contribution in [0.25, 0.3) is 0 Å². The minimum absolute atomic E-state index is 0.868. The minimum atomic E-state index is 0.868. The predicted octanol–water partition coefficient (Wildman–Crippen LogP) is 2.50. The fourth-order valence-corrected chi connectivity index (χ4v) is 2.58. The van der Waals surface area contributed by atoms with Gasteiger partial charge >= 0.3 is 0 Å². The standard InChI is InChI=1S/C13H17N3S/c1-14-8-11-5-6-15-9-13(11)16(2)10-12-4-3-7-17-12/h3-7,9,14H,8,10H2,1-2H3. The van der Waals surface area contributed by atoms with Crippen molar-refractivity contribution in [3.8, 4) is 0 Å². The molecule has 0 spiro atoms. The normalized spacial score (nSPS) is 10.5. The lowest BCUT2D eigenvalue weighted by Crippen LogP contribution is -2.19. The Morgan fingerprint density at radius 1 is 1.41 bits per heavy atom. The molecule has 1 N–H and O–H groups in total. The van der Waals surface area contributed by atoms with E-state index in [1.807, 2.05) is 19.4 Å². The molecule has 4 heteroatoms. The number of hydrogen-bond acceptors (Lipinski definition) is 4. The van der Waals surface area contributed by atoms with Crippen LogP contribution in [0.3, 0.4) is 0 Å². The first-order chi connectivity index (χ1) is 8.31. The summed E-state index contributed by atoms with van der Waals surface area (Å²) in [6, 6.07) is 6.32. The van der Waals surface area contributed by atoms with Gasteiger partial charge in [-0.05, 0) is 30.1 Å². The van der Waals surface area contributed by atoms with Gasteiger partial charge in [-0.1, -0.05) is 6.07 Å². The zero-order valence-electron chi connectivity index (χ0n) is 10.2. The van der Waals surface area contributed by atoms with Crippen LogP contribution in [0, 0.1) is 0 Å². The van der Waals surface area contributed by atoms with E-state index in [0.29, 0.717) is 0 Å². The first kappa shape index (κ1) is 12.1. The van der Waals surface area contributed by atoms with E-state index in [1.165, 1.54) is 16.1 Å². The molecule has 0 bridgehead atoms. The van der Waals surface area contributed by atoms with Crippen molar-refractivity contribution >= 4 is 17.0 Å². The number of thiophene rings is 1. The number of anilines is 1. The second-order valence-electron chi connectivity index (χ2n) is 3.97. The molecule has 0 radical (unpaired) electrons. The van der Waals surface area contributed by atoms with Crippen molar-refractivity contribution in [1.29, 1.82) is 0 Å². The van der Waals surface area contributed by atoms with Gasteiger partial charge in [0, 0.05) is 24.7 Å². The molecule has 0 amide bonds. The van der Waals surface area contributed by atoms with Crippen LogP contribution in [0.2, 0.25) is 0 Å². The summed E-state index contributed by atoms with van der Waals surface area (Å²) in [5, 5.41) is 5.30. The predicted molar refractivity (Wildman–Crippen MR) is 73.4 cm³/mol. The van der Waals surface area contributed by atoms with Gasteiger partial charge in [-0.3, -0.25) is 4.98 Å². The molecule has 0 aromatic carbocycles. The number of rotatable bonds is 5. The highest BCUT2D eigenvalue weighted by molar-refractivity contribution is 7.09. The summed E-state index contributed by atoms with van der Waals surface area (Å²) in [6.45, 7) is 1.80. The fraction of sp³-hybridized carbons (Fsp3) is 0.308. The molecule has 90 valence electrons. The van der Waals surface area contributed by atoms with E-state index in [1.54, 1.807) is 11.3 Å². The van der Waals surface area contributed by atoms with E-state index in [4.69, 9.17) is 0 Å². The lowest BCUT2D eigenvalue weighted by molar-refractivity contribution is 0.804. The van der Waals surface area contributed by atoms with Crippen LogP contribution in [0.4, 0.5) is 5.69 Å². The maximum Gasteiger partial charge on any atom is 0.0599 e. The molecule has 0 unspecified atom stereocenters. The average Bonchev–Trinajstić information content (AvgIpc) is 2.83. The molecule has 2 heterocycles. The van der Waals surface area contributed by atoms with Crippen molar-refractivity contribution in [3.05, 3.63) is 46.4 Å². The Kier molecular flexibility index (Phi) is 4.12. The Balaban J connectivity index is 2.15. The topological polar surface area (TPSA) is 28.2 Å². The average molecular weight is 247 g/mol. The molecular weight excluding hydrogens is 230 g/mol. The van der Waals surface area contributed by atoms with Crippen molar-refractivity contribution in [2.24, 2.45) is 0 Å². The summed E-state index contributed by atoms with van der Waals surface area (Å²) in [5.41, 5.74) is 2.47. The second kappa shape index (κ2) is 5.80. The van der Waals surface area contributed by atoms with Crippen molar-refractivity contribution in [2.75, 3.05) is 19.0 Å². The van der Waals surface area contributed by atoms with Gasteiger partial charge in [0.2, 0.25) is 0 Å². The zero-order valence-corrected chi connectivity index (χ0v) is 11.0. The SMILES string of the molecule is CNCc1ccncc1N(C)Cc1cccs1. The maximum atomic E-state index is 4.21. The van der Waals surface area contributed by atoms with Crippen LogP contribution in [-0.2, 0) is 13.1 Å². The monoisotopic (exact) mass is 247 g/mol. The lowest BCUT2D eigenvalue weighted by atomic mass is 10.2. The summed E-state index contributed by atoms with van der Waals surface area (Å²) in [4.78, 5) is 7.82. The Bertz CT molecular complexity index is 453. The van der Waals surface area contributed by atoms with Gasteiger partial charge < -0.3 is 10.2 Å². The lowest BCUT2D eigenvalue weighted by Gasteiger charge is -2.21.